The molecule has 1 aromatic rings. The van der Waals surface area contributed by atoms with Crippen molar-refractivity contribution in [1.29, 1.82) is 0 Å². The van der Waals surface area contributed by atoms with E-state index in [1.54, 1.807) is 11.8 Å². The van der Waals surface area contributed by atoms with Crippen molar-refractivity contribution in [3.8, 4) is 0 Å². The Morgan fingerprint density at radius 1 is 1.35 bits per heavy atom. The lowest BCUT2D eigenvalue weighted by molar-refractivity contribution is -0.118. The number of hydrogen-bond donors (Lipinski definition) is 1. The van der Waals surface area contributed by atoms with E-state index in [-0.39, 0.29) is 5.91 Å². The number of amides is 1. The zero-order valence-electron chi connectivity index (χ0n) is 10.7. The van der Waals surface area contributed by atoms with Crippen molar-refractivity contribution in [3.05, 3.63) is 29.8 Å². The van der Waals surface area contributed by atoms with Crippen molar-refractivity contribution in [2.45, 2.75) is 38.0 Å². The van der Waals surface area contributed by atoms with Crippen LogP contribution in [-0.4, -0.2) is 18.2 Å². The summed E-state index contributed by atoms with van der Waals surface area (Å²) in [6, 6.07) is 8.24. The molecule has 1 N–H and O–H groups in total. The summed E-state index contributed by atoms with van der Waals surface area (Å²) in [5, 5.41) is 2.94. The van der Waals surface area contributed by atoms with Gasteiger partial charge in [0.2, 0.25) is 5.91 Å². The molecule has 0 atom stereocenters. The summed E-state index contributed by atoms with van der Waals surface area (Å²) in [6.07, 6.45) is 3.45. The second kappa shape index (κ2) is 8.18. The van der Waals surface area contributed by atoms with Crippen LogP contribution in [0.5, 0.6) is 0 Å². The van der Waals surface area contributed by atoms with E-state index in [0.29, 0.717) is 5.75 Å². The lowest BCUT2D eigenvalue weighted by Crippen LogP contribution is -2.26. The van der Waals surface area contributed by atoms with Crippen molar-refractivity contribution in [2.24, 2.45) is 0 Å². The largest absolute Gasteiger partial charge is 0.355 e. The number of rotatable bonds is 7. The molecule has 2 nitrogen and oxygen atoms in total. The molecule has 1 amide bonds. The highest BCUT2D eigenvalue weighted by atomic mass is 32.2. The normalized spacial score (nSPS) is 10.2. The summed E-state index contributed by atoms with van der Waals surface area (Å²) in [5.41, 5.74) is 1.23. The number of aryl methyl sites for hydroxylation is 1. The second-order valence-electron chi connectivity index (χ2n) is 4.16. The standard InChI is InChI=1S/C14H21NOS/c1-3-4-5-9-15-14(16)11-17-13-8-6-7-12(2)10-13/h6-8,10H,3-5,9,11H2,1-2H3,(H,15,16). The number of carbonyl (C=O) groups is 1. The van der Waals surface area contributed by atoms with Gasteiger partial charge in [0.1, 0.15) is 0 Å². The van der Waals surface area contributed by atoms with Crippen LogP contribution in [0, 0.1) is 6.92 Å². The fourth-order valence-corrected chi connectivity index (χ4v) is 2.35. The number of carbonyl (C=O) groups excluding carboxylic acids is 1. The Balaban J connectivity index is 2.19. The van der Waals surface area contributed by atoms with Gasteiger partial charge in [-0.15, -0.1) is 11.8 Å². The maximum atomic E-state index is 11.5. The van der Waals surface area contributed by atoms with Gasteiger partial charge >= 0.3 is 0 Å². The molecule has 0 unspecified atom stereocenters. The van der Waals surface area contributed by atoms with Crippen LogP contribution >= 0.6 is 11.8 Å². The third-order valence-electron chi connectivity index (χ3n) is 2.46. The smallest absolute Gasteiger partial charge is 0.230 e. The average Bonchev–Trinajstić information content (AvgIpc) is 2.32. The van der Waals surface area contributed by atoms with Crippen molar-refractivity contribution in [1.82, 2.24) is 5.32 Å². The molecule has 17 heavy (non-hydrogen) atoms. The number of hydrogen-bond acceptors (Lipinski definition) is 2. The van der Waals surface area contributed by atoms with Crippen LogP contribution in [0.3, 0.4) is 0 Å². The van der Waals surface area contributed by atoms with E-state index in [4.69, 9.17) is 0 Å². The van der Waals surface area contributed by atoms with Crippen molar-refractivity contribution in [2.75, 3.05) is 12.3 Å². The number of thioether (sulfide) groups is 1. The van der Waals surface area contributed by atoms with Crippen LogP contribution in [0.2, 0.25) is 0 Å². The monoisotopic (exact) mass is 251 g/mol. The van der Waals surface area contributed by atoms with Gasteiger partial charge < -0.3 is 5.32 Å². The SMILES string of the molecule is CCCCCNC(=O)CSc1cccc(C)c1. The fraction of sp³-hybridized carbons (Fsp3) is 0.500. The average molecular weight is 251 g/mol. The van der Waals surface area contributed by atoms with Gasteiger partial charge in [-0.1, -0.05) is 37.5 Å². The van der Waals surface area contributed by atoms with E-state index >= 15 is 0 Å². The van der Waals surface area contributed by atoms with Crippen LogP contribution < -0.4 is 5.32 Å². The minimum Gasteiger partial charge on any atom is -0.355 e. The summed E-state index contributed by atoms with van der Waals surface area (Å²) >= 11 is 1.59. The molecule has 0 heterocycles. The fourth-order valence-electron chi connectivity index (χ4n) is 1.51. The molecule has 0 aromatic heterocycles. The highest BCUT2D eigenvalue weighted by Crippen LogP contribution is 2.18. The van der Waals surface area contributed by atoms with E-state index < -0.39 is 0 Å². The van der Waals surface area contributed by atoms with Gasteiger partial charge in [-0.2, -0.15) is 0 Å². The van der Waals surface area contributed by atoms with E-state index in [0.717, 1.165) is 17.9 Å². The Labute approximate surface area is 108 Å². The zero-order valence-corrected chi connectivity index (χ0v) is 11.5. The Morgan fingerprint density at radius 2 is 2.18 bits per heavy atom. The molecule has 0 aliphatic rings. The van der Waals surface area contributed by atoms with Crippen LogP contribution in [0.25, 0.3) is 0 Å². The Hall–Kier alpha value is -0.960. The van der Waals surface area contributed by atoms with Crippen molar-refractivity contribution >= 4 is 17.7 Å². The molecule has 0 bridgehead atoms. The molecular weight excluding hydrogens is 230 g/mol. The van der Waals surface area contributed by atoms with Gasteiger partial charge in [0.15, 0.2) is 0 Å². The highest BCUT2D eigenvalue weighted by molar-refractivity contribution is 8.00. The summed E-state index contributed by atoms with van der Waals surface area (Å²) in [6.45, 7) is 5.03. The molecule has 0 spiro atoms. The third-order valence-corrected chi connectivity index (χ3v) is 3.46. The first-order valence-corrected chi connectivity index (χ1v) is 7.17. The minimum absolute atomic E-state index is 0.132. The molecule has 1 aromatic carbocycles. The van der Waals surface area contributed by atoms with Gasteiger partial charge in [-0.3, -0.25) is 4.79 Å². The predicted octanol–water partition coefficient (Wildman–Crippen LogP) is 3.39. The zero-order chi connectivity index (χ0) is 12.5. The van der Waals surface area contributed by atoms with Crippen molar-refractivity contribution < 1.29 is 4.79 Å². The molecule has 0 radical (unpaired) electrons. The first-order valence-electron chi connectivity index (χ1n) is 6.18. The van der Waals surface area contributed by atoms with Crippen LogP contribution in [0.15, 0.2) is 29.2 Å². The number of benzene rings is 1. The van der Waals surface area contributed by atoms with Crippen LogP contribution in [0.1, 0.15) is 31.7 Å². The van der Waals surface area contributed by atoms with Gasteiger partial charge in [-0.25, -0.2) is 0 Å². The first-order chi connectivity index (χ1) is 8.22. The number of nitrogens with one attached hydrogen (secondary N) is 1. The first kappa shape index (κ1) is 14.1. The van der Waals surface area contributed by atoms with Crippen LogP contribution in [-0.2, 0) is 4.79 Å². The molecule has 94 valence electrons. The minimum atomic E-state index is 0.132. The summed E-state index contributed by atoms with van der Waals surface area (Å²) < 4.78 is 0. The molecule has 0 fully saturated rings. The quantitative estimate of drug-likeness (QED) is 0.594. The Morgan fingerprint density at radius 3 is 2.88 bits per heavy atom. The summed E-state index contributed by atoms with van der Waals surface area (Å²) in [4.78, 5) is 12.7. The lowest BCUT2D eigenvalue weighted by Gasteiger charge is -2.05. The molecule has 0 aliphatic heterocycles. The van der Waals surface area contributed by atoms with E-state index in [9.17, 15) is 4.79 Å². The Bertz CT molecular complexity index is 352. The molecule has 0 saturated carbocycles. The lowest BCUT2D eigenvalue weighted by atomic mass is 10.2. The van der Waals surface area contributed by atoms with E-state index in [1.165, 1.54) is 18.4 Å². The molecule has 3 heteroatoms. The molecule has 0 saturated heterocycles. The summed E-state index contributed by atoms with van der Waals surface area (Å²) in [7, 11) is 0. The van der Waals surface area contributed by atoms with Crippen molar-refractivity contribution in [3.63, 3.8) is 0 Å². The van der Waals surface area contributed by atoms with Gasteiger partial charge in [0.05, 0.1) is 5.75 Å². The topological polar surface area (TPSA) is 29.1 Å². The van der Waals surface area contributed by atoms with Gasteiger partial charge in [0, 0.05) is 11.4 Å². The Kier molecular flexibility index (Phi) is 6.78. The maximum absolute atomic E-state index is 11.5. The maximum Gasteiger partial charge on any atom is 0.230 e. The predicted molar refractivity (Wildman–Crippen MR) is 74.4 cm³/mol. The van der Waals surface area contributed by atoms with Crippen LogP contribution in [0.4, 0.5) is 0 Å². The highest BCUT2D eigenvalue weighted by Gasteiger charge is 2.01. The summed E-state index contributed by atoms with van der Waals surface area (Å²) in [5.74, 6) is 0.642. The number of unbranched alkanes of at least 4 members (excludes halogenated alkanes) is 2. The van der Waals surface area contributed by atoms with Gasteiger partial charge in [-0.05, 0) is 25.5 Å². The van der Waals surface area contributed by atoms with Gasteiger partial charge in [0.25, 0.3) is 0 Å². The van der Waals surface area contributed by atoms with E-state index in [1.807, 2.05) is 12.1 Å². The molecule has 1 rings (SSSR count). The third kappa shape index (κ3) is 6.37. The molecule has 0 aliphatic carbocycles. The van der Waals surface area contributed by atoms with E-state index in [2.05, 4.69) is 31.3 Å². The second-order valence-corrected chi connectivity index (χ2v) is 5.21. The molecular formula is C14H21NOS.